The standard InChI is InChI=1S/C11H24N2OS/c1-10(9-15(3)14)12-8-11-4-6-13(2)7-5-11/h10-12H,4-9H2,1-3H3. The van der Waals surface area contributed by atoms with Gasteiger partial charge in [-0.3, -0.25) is 4.21 Å². The summed E-state index contributed by atoms with van der Waals surface area (Å²) in [4.78, 5) is 2.39. The minimum atomic E-state index is -0.679. The van der Waals surface area contributed by atoms with E-state index in [-0.39, 0.29) is 0 Å². The predicted octanol–water partition coefficient (Wildman–Crippen LogP) is 0.685. The van der Waals surface area contributed by atoms with E-state index >= 15 is 0 Å². The number of likely N-dealkylation sites (tertiary alicyclic amines) is 1. The Labute approximate surface area is 96.1 Å². The summed E-state index contributed by atoms with van der Waals surface area (Å²) in [6.07, 6.45) is 4.37. The van der Waals surface area contributed by atoms with E-state index < -0.39 is 10.8 Å². The SMILES string of the molecule is CC(CS(C)=O)NCC1CCN(C)CC1. The van der Waals surface area contributed by atoms with Crippen LogP contribution in [0.5, 0.6) is 0 Å². The zero-order valence-electron chi connectivity index (χ0n) is 10.2. The molecule has 1 rings (SSSR count). The molecular weight excluding hydrogens is 208 g/mol. The van der Waals surface area contributed by atoms with E-state index in [2.05, 4.69) is 24.2 Å². The van der Waals surface area contributed by atoms with Crippen molar-refractivity contribution >= 4 is 10.8 Å². The van der Waals surface area contributed by atoms with Crippen LogP contribution in [0.25, 0.3) is 0 Å². The lowest BCUT2D eigenvalue weighted by molar-refractivity contribution is 0.214. The summed E-state index contributed by atoms with van der Waals surface area (Å²) < 4.78 is 11.0. The van der Waals surface area contributed by atoms with Gasteiger partial charge in [0.1, 0.15) is 0 Å². The fourth-order valence-corrected chi connectivity index (χ4v) is 2.87. The molecule has 3 nitrogen and oxygen atoms in total. The molecule has 15 heavy (non-hydrogen) atoms. The molecule has 0 spiro atoms. The third kappa shape index (κ3) is 5.64. The minimum Gasteiger partial charge on any atom is -0.313 e. The van der Waals surface area contributed by atoms with Crippen molar-refractivity contribution in [3.8, 4) is 0 Å². The van der Waals surface area contributed by atoms with Gasteiger partial charge in [-0.25, -0.2) is 0 Å². The average molecular weight is 232 g/mol. The molecule has 0 bridgehead atoms. The van der Waals surface area contributed by atoms with Crippen molar-refractivity contribution in [2.24, 2.45) is 5.92 Å². The summed E-state index contributed by atoms with van der Waals surface area (Å²) in [7, 11) is 1.51. The van der Waals surface area contributed by atoms with Crippen molar-refractivity contribution in [3.05, 3.63) is 0 Å². The number of piperidine rings is 1. The van der Waals surface area contributed by atoms with Gasteiger partial charge in [0, 0.05) is 28.9 Å². The lowest BCUT2D eigenvalue weighted by Gasteiger charge is -2.29. The van der Waals surface area contributed by atoms with Crippen LogP contribution in [0.1, 0.15) is 19.8 Å². The third-order valence-electron chi connectivity index (χ3n) is 3.08. The highest BCUT2D eigenvalue weighted by Crippen LogP contribution is 2.14. The Kier molecular flexibility index (Phi) is 5.79. The summed E-state index contributed by atoms with van der Waals surface area (Å²) in [5, 5.41) is 3.49. The van der Waals surface area contributed by atoms with Crippen LogP contribution in [0.2, 0.25) is 0 Å². The molecule has 1 aliphatic rings. The maximum absolute atomic E-state index is 11.0. The van der Waals surface area contributed by atoms with Gasteiger partial charge in [-0.2, -0.15) is 0 Å². The first-order chi connectivity index (χ1) is 7.08. The molecule has 2 unspecified atom stereocenters. The highest BCUT2D eigenvalue weighted by atomic mass is 32.2. The number of rotatable bonds is 5. The van der Waals surface area contributed by atoms with E-state index in [0.29, 0.717) is 6.04 Å². The fourth-order valence-electron chi connectivity index (χ4n) is 2.05. The normalized spacial score (nSPS) is 23.9. The van der Waals surface area contributed by atoms with Crippen LogP contribution in [0, 0.1) is 5.92 Å². The average Bonchev–Trinajstić information content (AvgIpc) is 2.16. The highest BCUT2D eigenvalue weighted by molar-refractivity contribution is 7.84. The van der Waals surface area contributed by atoms with Crippen LogP contribution in [0.15, 0.2) is 0 Å². The molecule has 4 heteroatoms. The fraction of sp³-hybridized carbons (Fsp3) is 1.00. The lowest BCUT2D eigenvalue weighted by atomic mass is 9.97. The van der Waals surface area contributed by atoms with Gasteiger partial charge in [0.25, 0.3) is 0 Å². The molecule has 1 fully saturated rings. The van der Waals surface area contributed by atoms with Crippen LogP contribution in [0.4, 0.5) is 0 Å². The third-order valence-corrected chi connectivity index (χ3v) is 4.05. The molecule has 0 saturated carbocycles. The molecule has 0 amide bonds. The van der Waals surface area contributed by atoms with Gasteiger partial charge in [-0.05, 0) is 52.4 Å². The van der Waals surface area contributed by atoms with Crippen LogP contribution in [-0.2, 0) is 10.8 Å². The molecule has 0 aromatic heterocycles. The Hall–Kier alpha value is 0.0700. The van der Waals surface area contributed by atoms with Crippen molar-refractivity contribution in [2.75, 3.05) is 38.7 Å². The molecule has 0 aliphatic carbocycles. The zero-order chi connectivity index (χ0) is 11.3. The van der Waals surface area contributed by atoms with E-state index in [9.17, 15) is 4.21 Å². The maximum Gasteiger partial charge on any atom is 0.0383 e. The van der Waals surface area contributed by atoms with E-state index in [1.54, 1.807) is 6.26 Å². The van der Waals surface area contributed by atoms with Gasteiger partial charge in [-0.15, -0.1) is 0 Å². The Morgan fingerprint density at radius 2 is 2.07 bits per heavy atom. The van der Waals surface area contributed by atoms with Gasteiger partial charge in [0.2, 0.25) is 0 Å². The number of nitrogens with one attached hydrogen (secondary N) is 1. The lowest BCUT2D eigenvalue weighted by Crippen LogP contribution is -2.39. The van der Waals surface area contributed by atoms with Crippen molar-refractivity contribution in [3.63, 3.8) is 0 Å². The summed E-state index contributed by atoms with van der Waals surface area (Å²) >= 11 is 0. The van der Waals surface area contributed by atoms with Gasteiger partial charge >= 0.3 is 0 Å². The smallest absolute Gasteiger partial charge is 0.0383 e. The van der Waals surface area contributed by atoms with E-state index in [4.69, 9.17) is 0 Å². The summed E-state index contributed by atoms with van der Waals surface area (Å²) in [6, 6.07) is 0.385. The van der Waals surface area contributed by atoms with Crippen LogP contribution < -0.4 is 5.32 Å². The largest absolute Gasteiger partial charge is 0.313 e. The number of hydrogen-bond acceptors (Lipinski definition) is 3. The van der Waals surface area contributed by atoms with Gasteiger partial charge in [-0.1, -0.05) is 0 Å². The van der Waals surface area contributed by atoms with Crippen molar-refractivity contribution in [1.29, 1.82) is 0 Å². The van der Waals surface area contributed by atoms with Crippen LogP contribution in [-0.4, -0.2) is 53.8 Å². The molecule has 2 atom stereocenters. The second-order valence-corrected chi connectivity index (χ2v) is 6.28. The first-order valence-electron chi connectivity index (χ1n) is 5.80. The van der Waals surface area contributed by atoms with Gasteiger partial charge in [0.15, 0.2) is 0 Å². The van der Waals surface area contributed by atoms with Crippen LogP contribution >= 0.6 is 0 Å². The van der Waals surface area contributed by atoms with E-state index in [1.165, 1.54) is 25.9 Å². The minimum absolute atomic E-state index is 0.385. The summed E-state index contributed by atoms with van der Waals surface area (Å²) in [5.74, 6) is 1.58. The first kappa shape index (κ1) is 13.1. The molecule has 1 N–H and O–H groups in total. The maximum atomic E-state index is 11.0. The Bertz CT molecular complexity index is 203. The second kappa shape index (κ2) is 6.61. The van der Waals surface area contributed by atoms with Crippen molar-refractivity contribution in [1.82, 2.24) is 10.2 Å². The highest BCUT2D eigenvalue weighted by Gasteiger charge is 2.16. The predicted molar refractivity (Wildman–Crippen MR) is 66.6 cm³/mol. The Balaban J connectivity index is 2.11. The quantitative estimate of drug-likeness (QED) is 0.757. The molecule has 0 radical (unpaired) electrons. The van der Waals surface area contributed by atoms with E-state index in [0.717, 1.165) is 18.2 Å². The van der Waals surface area contributed by atoms with Gasteiger partial charge in [0.05, 0.1) is 0 Å². The molecule has 0 aromatic carbocycles. The molecule has 1 aliphatic heterocycles. The Morgan fingerprint density at radius 3 is 2.60 bits per heavy atom. The molecule has 0 aromatic rings. The monoisotopic (exact) mass is 232 g/mol. The van der Waals surface area contributed by atoms with Gasteiger partial charge < -0.3 is 10.2 Å². The Morgan fingerprint density at radius 1 is 1.47 bits per heavy atom. The molecule has 1 saturated heterocycles. The molecule has 1 heterocycles. The van der Waals surface area contributed by atoms with Crippen molar-refractivity contribution in [2.45, 2.75) is 25.8 Å². The second-order valence-electron chi connectivity index (χ2n) is 4.80. The topological polar surface area (TPSA) is 32.3 Å². The molecule has 90 valence electrons. The summed E-state index contributed by atoms with van der Waals surface area (Å²) in [5.41, 5.74) is 0. The number of nitrogens with zero attached hydrogens (tertiary/aromatic N) is 1. The molecular formula is C11H24N2OS. The van der Waals surface area contributed by atoms with Crippen LogP contribution in [0.3, 0.4) is 0 Å². The number of hydrogen-bond donors (Lipinski definition) is 1. The summed E-state index contributed by atoms with van der Waals surface area (Å²) in [6.45, 7) is 5.66. The first-order valence-corrected chi connectivity index (χ1v) is 7.52. The van der Waals surface area contributed by atoms with E-state index in [1.807, 2.05) is 0 Å². The van der Waals surface area contributed by atoms with Crippen molar-refractivity contribution < 1.29 is 4.21 Å². The zero-order valence-corrected chi connectivity index (χ0v) is 11.0.